The molecule has 1 aromatic carbocycles. The molecule has 2 rings (SSSR count). The van der Waals surface area contributed by atoms with Crippen LogP contribution in [0.3, 0.4) is 0 Å². The van der Waals surface area contributed by atoms with Crippen molar-refractivity contribution < 1.29 is 14.3 Å². The maximum atomic E-state index is 10.7. The average Bonchev–Trinajstić information content (AvgIpc) is 2.60. The van der Waals surface area contributed by atoms with E-state index in [-0.39, 0.29) is 6.42 Å². The monoisotopic (exact) mass is 218 g/mol. The van der Waals surface area contributed by atoms with Gasteiger partial charge in [-0.2, -0.15) is 0 Å². The minimum Gasteiger partial charge on any atom is -0.481 e. The molecule has 0 fully saturated rings. The van der Waals surface area contributed by atoms with E-state index in [4.69, 9.17) is 9.52 Å². The van der Waals surface area contributed by atoms with E-state index >= 15 is 0 Å². The van der Waals surface area contributed by atoms with Crippen molar-refractivity contribution in [1.82, 2.24) is 0 Å². The number of carboxylic acid groups (broad SMARTS) is 1. The number of carboxylic acids is 1. The van der Waals surface area contributed by atoms with Crippen LogP contribution in [0.4, 0.5) is 0 Å². The highest BCUT2D eigenvalue weighted by Crippen LogP contribution is 2.26. The number of fused-ring (bicyclic) bond motifs is 1. The number of hydrogen-bond donors (Lipinski definition) is 1. The van der Waals surface area contributed by atoms with Crippen LogP contribution in [0.2, 0.25) is 0 Å². The van der Waals surface area contributed by atoms with Gasteiger partial charge in [0.1, 0.15) is 5.58 Å². The van der Waals surface area contributed by atoms with Gasteiger partial charge in [-0.1, -0.05) is 19.9 Å². The molecule has 0 aliphatic heterocycles. The molecule has 0 bridgehead atoms. The van der Waals surface area contributed by atoms with Crippen LogP contribution in [0.25, 0.3) is 11.0 Å². The second-order valence-corrected chi connectivity index (χ2v) is 4.24. The van der Waals surface area contributed by atoms with Gasteiger partial charge in [0.25, 0.3) is 0 Å². The molecule has 1 N–H and O–H groups in total. The van der Waals surface area contributed by atoms with Crippen LogP contribution < -0.4 is 0 Å². The van der Waals surface area contributed by atoms with Gasteiger partial charge in [0.2, 0.25) is 0 Å². The number of rotatable bonds is 3. The Bertz CT molecular complexity index is 523. The fraction of sp³-hybridized carbons (Fsp3) is 0.308. The van der Waals surface area contributed by atoms with E-state index in [2.05, 4.69) is 13.8 Å². The Morgan fingerprint density at radius 2 is 2.19 bits per heavy atom. The van der Waals surface area contributed by atoms with Gasteiger partial charge in [0.05, 0.1) is 12.7 Å². The Morgan fingerprint density at radius 3 is 2.81 bits per heavy atom. The fourth-order valence-corrected chi connectivity index (χ4v) is 1.76. The van der Waals surface area contributed by atoms with E-state index in [1.54, 1.807) is 0 Å². The highest BCUT2D eigenvalue weighted by Gasteiger charge is 2.10. The summed E-state index contributed by atoms with van der Waals surface area (Å²) in [6.07, 6.45) is 1.54. The van der Waals surface area contributed by atoms with Crippen LogP contribution in [0.5, 0.6) is 0 Å². The Labute approximate surface area is 93.7 Å². The zero-order valence-corrected chi connectivity index (χ0v) is 9.36. The molecule has 0 aliphatic carbocycles. The molecule has 16 heavy (non-hydrogen) atoms. The smallest absolute Gasteiger partial charge is 0.307 e. The van der Waals surface area contributed by atoms with Gasteiger partial charge < -0.3 is 9.52 Å². The molecule has 0 amide bonds. The summed E-state index contributed by atoms with van der Waals surface area (Å²) in [6.45, 7) is 4.22. The quantitative estimate of drug-likeness (QED) is 0.860. The van der Waals surface area contributed by atoms with Gasteiger partial charge in [-0.25, -0.2) is 0 Å². The number of benzene rings is 1. The van der Waals surface area contributed by atoms with Crippen LogP contribution >= 0.6 is 0 Å². The summed E-state index contributed by atoms with van der Waals surface area (Å²) < 4.78 is 5.32. The fourth-order valence-electron chi connectivity index (χ4n) is 1.76. The predicted octanol–water partition coefficient (Wildman–Crippen LogP) is 3.18. The summed E-state index contributed by atoms with van der Waals surface area (Å²) in [5.41, 5.74) is 2.69. The number of furan rings is 1. The second-order valence-electron chi connectivity index (χ2n) is 4.24. The van der Waals surface area contributed by atoms with Crippen LogP contribution in [0.1, 0.15) is 30.9 Å². The molecule has 1 heterocycles. The highest BCUT2D eigenvalue weighted by molar-refractivity contribution is 5.85. The van der Waals surface area contributed by atoms with Gasteiger partial charge in [0.15, 0.2) is 0 Å². The summed E-state index contributed by atoms with van der Waals surface area (Å²) in [4.78, 5) is 10.7. The number of hydrogen-bond acceptors (Lipinski definition) is 2. The molecule has 0 aliphatic rings. The van der Waals surface area contributed by atoms with Crippen molar-refractivity contribution in [2.75, 3.05) is 0 Å². The molecule has 0 spiro atoms. The topological polar surface area (TPSA) is 50.4 Å². The highest BCUT2D eigenvalue weighted by atomic mass is 16.4. The lowest BCUT2D eigenvalue weighted by atomic mass is 10.00. The minimum atomic E-state index is -0.836. The average molecular weight is 218 g/mol. The maximum absolute atomic E-state index is 10.7. The van der Waals surface area contributed by atoms with Crippen LogP contribution in [-0.2, 0) is 11.2 Å². The summed E-state index contributed by atoms with van der Waals surface area (Å²) in [5, 5.41) is 9.69. The molecular weight excluding hydrogens is 204 g/mol. The van der Waals surface area contributed by atoms with E-state index in [1.165, 1.54) is 11.8 Å². The van der Waals surface area contributed by atoms with Gasteiger partial charge in [0, 0.05) is 10.9 Å². The standard InChI is InChI=1S/C13H14O3/c1-8(2)9-3-4-12-11(5-9)10(7-16-12)6-13(14)15/h3-5,7-8H,6H2,1-2H3,(H,14,15). The Balaban J connectivity index is 2.51. The van der Waals surface area contributed by atoms with Crippen molar-refractivity contribution in [1.29, 1.82) is 0 Å². The van der Waals surface area contributed by atoms with Crippen molar-refractivity contribution >= 4 is 16.9 Å². The first-order valence-electron chi connectivity index (χ1n) is 5.29. The predicted molar refractivity (Wildman–Crippen MR) is 61.6 cm³/mol. The van der Waals surface area contributed by atoms with Crippen molar-refractivity contribution in [2.24, 2.45) is 0 Å². The molecular formula is C13H14O3. The lowest BCUT2D eigenvalue weighted by molar-refractivity contribution is -0.136. The molecule has 3 heteroatoms. The summed E-state index contributed by atoms with van der Waals surface area (Å²) >= 11 is 0. The van der Waals surface area contributed by atoms with E-state index in [0.717, 1.165) is 16.5 Å². The molecule has 0 unspecified atom stereocenters. The third-order valence-corrected chi connectivity index (χ3v) is 2.69. The Kier molecular flexibility index (Phi) is 2.69. The normalized spacial score (nSPS) is 11.2. The van der Waals surface area contributed by atoms with Crippen molar-refractivity contribution in [2.45, 2.75) is 26.2 Å². The maximum Gasteiger partial charge on any atom is 0.307 e. The zero-order chi connectivity index (χ0) is 11.7. The molecule has 84 valence electrons. The van der Waals surface area contributed by atoms with E-state index in [0.29, 0.717) is 5.92 Å². The number of carbonyl (C=O) groups is 1. The Hall–Kier alpha value is -1.77. The molecule has 0 radical (unpaired) electrons. The van der Waals surface area contributed by atoms with Crippen LogP contribution in [0.15, 0.2) is 28.9 Å². The third-order valence-electron chi connectivity index (χ3n) is 2.69. The second kappa shape index (κ2) is 4.00. The molecule has 0 saturated carbocycles. The largest absolute Gasteiger partial charge is 0.481 e. The first-order chi connectivity index (χ1) is 7.58. The van der Waals surface area contributed by atoms with Crippen LogP contribution in [-0.4, -0.2) is 11.1 Å². The zero-order valence-electron chi connectivity index (χ0n) is 9.36. The lowest BCUT2D eigenvalue weighted by Crippen LogP contribution is -1.99. The Morgan fingerprint density at radius 1 is 1.44 bits per heavy atom. The van der Waals surface area contributed by atoms with Crippen molar-refractivity contribution in [3.8, 4) is 0 Å². The van der Waals surface area contributed by atoms with E-state index in [1.807, 2.05) is 18.2 Å². The third kappa shape index (κ3) is 1.94. The molecule has 1 aromatic heterocycles. The molecule has 2 aromatic rings. The van der Waals surface area contributed by atoms with Gasteiger partial charge in [-0.05, 0) is 23.6 Å². The molecule has 3 nitrogen and oxygen atoms in total. The van der Waals surface area contributed by atoms with Crippen LogP contribution in [0, 0.1) is 0 Å². The first-order valence-corrected chi connectivity index (χ1v) is 5.29. The van der Waals surface area contributed by atoms with Gasteiger partial charge in [-0.15, -0.1) is 0 Å². The van der Waals surface area contributed by atoms with Crippen molar-refractivity contribution in [3.63, 3.8) is 0 Å². The van der Waals surface area contributed by atoms with Crippen molar-refractivity contribution in [3.05, 3.63) is 35.6 Å². The van der Waals surface area contributed by atoms with E-state index < -0.39 is 5.97 Å². The van der Waals surface area contributed by atoms with E-state index in [9.17, 15) is 4.79 Å². The SMILES string of the molecule is CC(C)c1ccc2occ(CC(=O)O)c2c1. The van der Waals surface area contributed by atoms with Gasteiger partial charge >= 0.3 is 5.97 Å². The molecule has 0 atom stereocenters. The summed E-state index contributed by atoms with van der Waals surface area (Å²) in [7, 11) is 0. The minimum absolute atomic E-state index is 0.00848. The van der Waals surface area contributed by atoms with Gasteiger partial charge in [-0.3, -0.25) is 4.79 Å². The lowest BCUT2D eigenvalue weighted by Gasteiger charge is -2.04. The summed E-state index contributed by atoms with van der Waals surface area (Å²) in [5.74, 6) is -0.408. The summed E-state index contributed by atoms with van der Waals surface area (Å²) in [6, 6.07) is 5.93. The molecule has 0 saturated heterocycles. The number of aliphatic carboxylic acids is 1. The first kappa shape index (κ1) is 10.7.